The van der Waals surface area contributed by atoms with Crippen molar-refractivity contribution in [2.75, 3.05) is 6.54 Å². The van der Waals surface area contributed by atoms with Gasteiger partial charge in [-0.25, -0.2) is 0 Å². The Kier molecular flexibility index (Phi) is 6.56. The van der Waals surface area contributed by atoms with E-state index in [0.717, 1.165) is 30.7 Å². The summed E-state index contributed by atoms with van der Waals surface area (Å²) in [5.74, 6) is 2.66. The van der Waals surface area contributed by atoms with Gasteiger partial charge in [0.2, 0.25) is 0 Å². The van der Waals surface area contributed by atoms with Crippen LogP contribution in [0.25, 0.3) is 0 Å². The van der Waals surface area contributed by atoms with Crippen molar-refractivity contribution in [1.82, 2.24) is 5.32 Å². The quantitative estimate of drug-likeness (QED) is 0.731. The predicted octanol–water partition coefficient (Wildman–Crippen LogP) is 5.06. The normalized spacial score (nSPS) is 21.3. The minimum Gasteiger partial charge on any atom is -0.508 e. The van der Waals surface area contributed by atoms with Crippen LogP contribution in [0.3, 0.4) is 0 Å². The number of hydrogen-bond donors (Lipinski definition) is 2. The van der Waals surface area contributed by atoms with E-state index in [9.17, 15) is 5.11 Å². The lowest BCUT2D eigenvalue weighted by Gasteiger charge is -2.33. The molecule has 0 heterocycles. The van der Waals surface area contributed by atoms with E-state index < -0.39 is 0 Å². The molecule has 2 aromatic carbocycles. The molecular weight excluding hydrogens is 322 g/mol. The summed E-state index contributed by atoms with van der Waals surface area (Å²) in [4.78, 5) is 0. The van der Waals surface area contributed by atoms with Gasteiger partial charge in [-0.1, -0.05) is 37.3 Å². The molecule has 3 nitrogen and oxygen atoms in total. The first-order valence-electron chi connectivity index (χ1n) is 9.82. The maximum atomic E-state index is 9.86. The van der Waals surface area contributed by atoms with Crippen molar-refractivity contribution in [3.8, 4) is 11.5 Å². The first-order valence-corrected chi connectivity index (χ1v) is 9.82. The summed E-state index contributed by atoms with van der Waals surface area (Å²) < 4.78 is 6.25. The van der Waals surface area contributed by atoms with Crippen LogP contribution in [0, 0.1) is 18.8 Å². The van der Waals surface area contributed by atoms with Crippen LogP contribution >= 0.6 is 0 Å². The van der Waals surface area contributed by atoms with Crippen LogP contribution in [0.4, 0.5) is 0 Å². The number of ether oxygens (including phenoxy) is 1. The molecule has 1 fully saturated rings. The molecular formula is C23H31NO2. The van der Waals surface area contributed by atoms with Gasteiger partial charge in [0.25, 0.3) is 0 Å². The zero-order valence-corrected chi connectivity index (χ0v) is 15.9. The standard InChI is InChI=1S/C23H31NO2/c1-17-7-5-10-21(13-17)26-22-11-6-9-19(14-22)18(2)15-24-16-20-8-3-4-12-23(20)25/h3-5,7-8,10,12-13,18-19,22,24-25H,6,9,11,14-16H2,1-2H3. The van der Waals surface area contributed by atoms with Crippen LogP contribution in [-0.4, -0.2) is 17.8 Å². The maximum Gasteiger partial charge on any atom is 0.120 e. The summed E-state index contributed by atoms with van der Waals surface area (Å²) >= 11 is 0. The van der Waals surface area contributed by atoms with Crippen molar-refractivity contribution in [3.05, 3.63) is 59.7 Å². The Hall–Kier alpha value is -2.00. The number of hydrogen-bond acceptors (Lipinski definition) is 3. The van der Waals surface area contributed by atoms with Crippen LogP contribution < -0.4 is 10.1 Å². The summed E-state index contributed by atoms with van der Waals surface area (Å²) in [7, 11) is 0. The van der Waals surface area contributed by atoms with E-state index in [4.69, 9.17) is 4.74 Å². The molecule has 0 bridgehead atoms. The number of phenols is 1. The number of rotatable bonds is 7. The molecule has 3 unspecified atom stereocenters. The number of nitrogens with one attached hydrogen (secondary N) is 1. The number of aryl methyl sites for hydroxylation is 1. The molecule has 26 heavy (non-hydrogen) atoms. The second-order valence-corrected chi connectivity index (χ2v) is 7.72. The Morgan fingerprint density at radius 3 is 2.81 bits per heavy atom. The molecule has 3 atom stereocenters. The Morgan fingerprint density at radius 2 is 2.00 bits per heavy atom. The van der Waals surface area contributed by atoms with Crippen LogP contribution in [0.5, 0.6) is 11.5 Å². The number of phenolic OH excluding ortho intramolecular Hbond substituents is 1. The van der Waals surface area contributed by atoms with Crippen molar-refractivity contribution >= 4 is 0 Å². The summed E-state index contributed by atoms with van der Waals surface area (Å²) in [6.45, 7) is 6.12. The number of para-hydroxylation sites is 1. The molecule has 2 aromatic rings. The average molecular weight is 354 g/mol. The zero-order chi connectivity index (χ0) is 18.4. The van der Waals surface area contributed by atoms with Crippen LogP contribution in [-0.2, 0) is 6.54 Å². The fourth-order valence-corrected chi connectivity index (χ4v) is 3.95. The average Bonchev–Trinajstić information content (AvgIpc) is 2.63. The van der Waals surface area contributed by atoms with E-state index in [1.54, 1.807) is 6.07 Å². The van der Waals surface area contributed by atoms with Gasteiger partial charge in [-0.05, 0) is 74.8 Å². The smallest absolute Gasteiger partial charge is 0.120 e. The highest BCUT2D eigenvalue weighted by Gasteiger charge is 2.27. The van der Waals surface area contributed by atoms with Gasteiger partial charge in [-0.2, -0.15) is 0 Å². The van der Waals surface area contributed by atoms with E-state index in [1.165, 1.54) is 18.4 Å². The SMILES string of the molecule is Cc1cccc(OC2CCCC(C(C)CNCc3ccccc3O)C2)c1. The molecule has 1 saturated carbocycles. The lowest BCUT2D eigenvalue weighted by atomic mass is 9.79. The second-order valence-electron chi connectivity index (χ2n) is 7.72. The van der Waals surface area contributed by atoms with Crippen LogP contribution in [0.1, 0.15) is 43.7 Å². The summed E-state index contributed by atoms with van der Waals surface area (Å²) in [5.41, 5.74) is 2.21. The fourth-order valence-electron chi connectivity index (χ4n) is 3.95. The van der Waals surface area contributed by atoms with Gasteiger partial charge in [-0.3, -0.25) is 0 Å². The van der Waals surface area contributed by atoms with Gasteiger partial charge >= 0.3 is 0 Å². The third kappa shape index (κ3) is 5.25. The third-order valence-corrected chi connectivity index (χ3v) is 5.54. The van der Waals surface area contributed by atoms with Crippen molar-refractivity contribution in [3.63, 3.8) is 0 Å². The van der Waals surface area contributed by atoms with E-state index in [2.05, 4.69) is 43.4 Å². The van der Waals surface area contributed by atoms with Gasteiger partial charge < -0.3 is 15.2 Å². The molecule has 0 aliphatic heterocycles. The second kappa shape index (κ2) is 9.09. The van der Waals surface area contributed by atoms with Crippen LogP contribution in [0.15, 0.2) is 48.5 Å². The van der Waals surface area contributed by atoms with Crippen molar-refractivity contribution in [2.45, 2.75) is 52.2 Å². The largest absolute Gasteiger partial charge is 0.508 e. The Labute approximate surface area is 157 Å². The maximum absolute atomic E-state index is 9.86. The molecule has 0 aromatic heterocycles. The van der Waals surface area contributed by atoms with Gasteiger partial charge in [0, 0.05) is 12.1 Å². The molecule has 0 radical (unpaired) electrons. The molecule has 140 valence electrons. The van der Waals surface area contributed by atoms with E-state index in [-0.39, 0.29) is 0 Å². The third-order valence-electron chi connectivity index (χ3n) is 5.54. The van der Waals surface area contributed by atoms with Crippen molar-refractivity contribution < 1.29 is 9.84 Å². The molecule has 3 rings (SSSR count). The van der Waals surface area contributed by atoms with E-state index in [1.807, 2.05) is 18.2 Å². The lowest BCUT2D eigenvalue weighted by molar-refractivity contribution is 0.102. The molecule has 2 N–H and O–H groups in total. The van der Waals surface area contributed by atoms with Gasteiger partial charge in [0.1, 0.15) is 11.5 Å². The number of aromatic hydroxyl groups is 1. The topological polar surface area (TPSA) is 41.5 Å². The highest BCUT2D eigenvalue weighted by atomic mass is 16.5. The summed E-state index contributed by atoms with van der Waals surface area (Å²) in [6, 6.07) is 15.9. The first kappa shape index (κ1) is 18.8. The zero-order valence-electron chi connectivity index (χ0n) is 15.9. The predicted molar refractivity (Wildman–Crippen MR) is 107 cm³/mol. The minimum absolute atomic E-state index is 0.330. The summed E-state index contributed by atoms with van der Waals surface area (Å²) in [6.07, 6.45) is 5.14. The Morgan fingerprint density at radius 1 is 1.15 bits per heavy atom. The highest BCUT2D eigenvalue weighted by molar-refractivity contribution is 5.31. The van der Waals surface area contributed by atoms with E-state index >= 15 is 0 Å². The van der Waals surface area contributed by atoms with Gasteiger partial charge in [0.15, 0.2) is 0 Å². The first-order chi connectivity index (χ1) is 12.6. The molecule has 0 amide bonds. The van der Waals surface area contributed by atoms with Gasteiger partial charge in [-0.15, -0.1) is 0 Å². The molecule has 0 spiro atoms. The summed E-state index contributed by atoms with van der Waals surface area (Å²) in [5, 5.41) is 13.4. The molecule has 1 aliphatic rings. The molecule has 0 saturated heterocycles. The fraction of sp³-hybridized carbons (Fsp3) is 0.478. The van der Waals surface area contributed by atoms with Gasteiger partial charge in [0.05, 0.1) is 6.10 Å². The highest BCUT2D eigenvalue weighted by Crippen LogP contribution is 2.32. The Bertz CT molecular complexity index is 700. The van der Waals surface area contributed by atoms with Crippen molar-refractivity contribution in [1.29, 1.82) is 0 Å². The number of benzene rings is 2. The minimum atomic E-state index is 0.330. The molecule has 3 heteroatoms. The molecule has 1 aliphatic carbocycles. The van der Waals surface area contributed by atoms with Crippen LogP contribution in [0.2, 0.25) is 0 Å². The monoisotopic (exact) mass is 353 g/mol. The van der Waals surface area contributed by atoms with E-state index in [0.29, 0.717) is 30.2 Å². The lowest BCUT2D eigenvalue weighted by Crippen LogP contribution is -2.33. The Balaban J connectivity index is 1.46. The van der Waals surface area contributed by atoms with Crippen molar-refractivity contribution in [2.24, 2.45) is 11.8 Å².